The molecule has 74 valence electrons. The Kier molecular flexibility index (Phi) is 3.99. The molecular formula is C13H16O. The van der Waals surface area contributed by atoms with E-state index < -0.39 is 0 Å². The van der Waals surface area contributed by atoms with E-state index in [-0.39, 0.29) is 0 Å². The lowest BCUT2D eigenvalue weighted by molar-refractivity contribution is 0.414. The van der Waals surface area contributed by atoms with Crippen LogP contribution >= 0.6 is 0 Å². The third-order valence-electron chi connectivity index (χ3n) is 1.81. The fraction of sp³-hybridized carbons (Fsp3) is 0.231. The van der Waals surface area contributed by atoms with Gasteiger partial charge >= 0.3 is 0 Å². The fourth-order valence-corrected chi connectivity index (χ4v) is 1.10. The second-order valence-corrected chi connectivity index (χ2v) is 3.38. The summed E-state index contributed by atoms with van der Waals surface area (Å²) in [5.74, 6) is 0.893. The van der Waals surface area contributed by atoms with E-state index >= 15 is 0 Å². The van der Waals surface area contributed by atoms with Gasteiger partial charge in [0.05, 0.1) is 7.11 Å². The predicted octanol–water partition coefficient (Wildman–Crippen LogP) is 3.67. The molecule has 1 nitrogen and oxygen atoms in total. The van der Waals surface area contributed by atoms with Crippen LogP contribution in [0.1, 0.15) is 19.4 Å². The molecule has 1 aromatic rings. The summed E-state index contributed by atoms with van der Waals surface area (Å²) in [6.45, 7) is 4.16. The Labute approximate surface area is 85.7 Å². The molecule has 0 aromatic heterocycles. The molecule has 0 saturated heterocycles. The summed E-state index contributed by atoms with van der Waals surface area (Å²) in [6, 6.07) is 7.99. The van der Waals surface area contributed by atoms with Crippen molar-refractivity contribution in [2.45, 2.75) is 13.8 Å². The van der Waals surface area contributed by atoms with Crippen LogP contribution in [0.4, 0.5) is 0 Å². The van der Waals surface area contributed by atoms with Gasteiger partial charge in [0, 0.05) is 0 Å². The summed E-state index contributed by atoms with van der Waals surface area (Å²) >= 11 is 0. The van der Waals surface area contributed by atoms with Crippen LogP contribution in [-0.2, 0) is 0 Å². The Balaban J connectivity index is 2.76. The van der Waals surface area contributed by atoms with Gasteiger partial charge in [-0.05, 0) is 31.5 Å². The highest BCUT2D eigenvalue weighted by Crippen LogP contribution is 2.13. The van der Waals surface area contributed by atoms with E-state index in [9.17, 15) is 0 Å². The average Bonchev–Trinajstić information content (AvgIpc) is 2.18. The molecule has 1 aromatic carbocycles. The second kappa shape index (κ2) is 5.28. The fourth-order valence-electron chi connectivity index (χ4n) is 1.10. The first-order valence-electron chi connectivity index (χ1n) is 4.68. The smallest absolute Gasteiger partial charge is 0.119 e. The summed E-state index contributed by atoms with van der Waals surface area (Å²) < 4.78 is 5.13. The molecule has 0 saturated carbocycles. The minimum absolute atomic E-state index is 0.893. The molecule has 1 rings (SSSR count). The van der Waals surface area contributed by atoms with Gasteiger partial charge in [0.15, 0.2) is 0 Å². The predicted molar refractivity (Wildman–Crippen MR) is 61.5 cm³/mol. The monoisotopic (exact) mass is 188 g/mol. The minimum atomic E-state index is 0.893. The van der Waals surface area contributed by atoms with E-state index in [1.54, 1.807) is 7.11 Å². The number of benzene rings is 1. The van der Waals surface area contributed by atoms with Crippen LogP contribution in [-0.4, -0.2) is 7.11 Å². The van der Waals surface area contributed by atoms with E-state index in [4.69, 9.17) is 4.74 Å². The zero-order valence-corrected chi connectivity index (χ0v) is 8.95. The summed E-state index contributed by atoms with van der Waals surface area (Å²) in [4.78, 5) is 0. The highest BCUT2D eigenvalue weighted by molar-refractivity contribution is 5.53. The van der Waals surface area contributed by atoms with Gasteiger partial charge < -0.3 is 4.74 Å². The van der Waals surface area contributed by atoms with Gasteiger partial charge in [0.2, 0.25) is 0 Å². The Morgan fingerprint density at radius 3 is 2.71 bits per heavy atom. The molecule has 0 unspecified atom stereocenters. The van der Waals surface area contributed by atoms with Crippen LogP contribution in [0, 0.1) is 0 Å². The van der Waals surface area contributed by atoms with Gasteiger partial charge in [0.25, 0.3) is 0 Å². The van der Waals surface area contributed by atoms with Crippen molar-refractivity contribution in [2.24, 2.45) is 0 Å². The number of ether oxygens (including phenoxy) is 1. The zero-order valence-electron chi connectivity index (χ0n) is 8.95. The molecule has 0 N–H and O–H groups in total. The van der Waals surface area contributed by atoms with Crippen molar-refractivity contribution in [3.05, 3.63) is 47.6 Å². The van der Waals surface area contributed by atoms with Crippen LogP contribution < -0.4 is 4.74 Å². The van der Waals surface area contributed by atoms with Gasteiger partial charge in [-0.15, -0.1) is 0 Å². The lowest BCUT2D eigenvalue weighted by Crippen LogP contribution is -1.81. The molecule has 0 bridgehead atoms. The van der Waals surface area contributed by atoms with Crippen LogP contribution in [0.3, 0.4) is 0 Å². The first-order valence-corrected chi connectivity index (χ1v) is 4.68. The Hall–Kier alpha value is -1.50. The maximum absolute atomic E-state index is 5.13. The van der Waals surface area contributed by atoms with Crippen molar-refractivity contribution in [3.8, 4) is 5.75 Å². The first-order chi connectivity index (χ1) is 6.72. The molecule has 0 aliphatic rings. The summed E-state index contributed by atoms with van der Waals surface area (Å²) in [5, 5.41) is 0. The van der Waals surface area contributed by atoms with Gasteiger partial charge in [-0.2, -0.15) is 0 Å². The molecule has 0 radical (unpaired) electrons. The SMILES string of the molecule is COc1cccc(/C=C/C=C(C)C)c1. The molecule has 0 heterocycles. The van der Waals surface area contributed by atoms with E-state index in [0.29, 0.717) is 0 Å². The largest absolute Gasteiger partial charge is 0.497 e. The quantitative estimate of drug-likeness (QED) is 0.657. The van der Waals surface area contributed by atoms with Crippen LogP contribution in [0.5, 0.6) is 5.75 Å². The average molecular weight is 188 g/mol. The third-order valence-corrected chi connectivity index (χ3v) is 1.81. The molecule has 0 spiro atoms. The number of hydrogen-bond acceptors (Lipinski definition) is 1. The van der Waals surface area contributed by atoms with Crippen molar-refractivity contribution in [1.29, 1.82) is 0 Å². The number of methoxy groups -OCH3 is 1. The lowest BCUT2D eigenvalue weighted by Gasteiger charge is -1.99. The maximum Gasteiger partial charge on any atom is 0.119 e. The van der Waals surface area contributed by atoms with Gasteiger partial charge in [-0.25, -0.2) is 0 Å². The Bertz CT molecular complexity index is 344. The number of allylic oxidation sites excluding steroid dienone is 3. The molecule has 0 atom stereocenters. The summed E-state index contributed by atoms with van der Waals surface area (Å²) in [6.07, 6.45) is 6.19. The van der Waals surface area contributed by atoms with E-state index in [0.717, 1.165) is 11.3 Å². The number of rotatable bonds is 3. The molecule has 0 fully saturated rings. The van der Waals surface area contributed by atoms with Crippen LogP contribution in [0.2, 0.25) is 0 Å². The van der Waals surface area contributed by atoms with Crippen molar-refractivity contribution in [1.82, 2.24) is 0 Å². The molecule has 1 heteroatoms. The van der Waals surface area contributed by atoms with Gasteiger partial charge in [-0.1, -0.05) is 35.9 Å². The maximum atomic E-state index is 5.13. The van der Waals surface area contributed by atoms with Crippen molar-refractivity contribution < 1.29 is 4.74 Å². The summed E-state index contributed by atoms with van der Waals surface area (Å²) in [7, 11) is 1.68. The molecule has 0 amide bonds. The van der Waals surface area contributed by atoms with Crippen molar-refractivity contribution in [2.75, 3.05) is 7.11 Å². The standard InChI is InChI=1S/C13H16O/c1-11(2)6-4-7-12-8-5-9-13(10-12)14-3/h4-10H,1-3H3/b7-4+. The molecule has 14 heavy (non-hydrogen) atoms. The third kappa shape index (κ3) is 3.48. The highest BCUT2D eigenvalue weighted by Gasteiger charge is 1.89. The molecule has 0 aliphatic carbocycles. The second-order valence-electron chi connectivity index (χ2n) is 3.38. The van der Waals surface area contributed by atoms with Crippen molar-refractivity contribution >= 4 is 6.08 Å². The van der Waals surface area contributed by atoms with E-state index in [2.05, 4.69) is 32.1 Å². The van der Waals surface area contributed by atoms with Gasteiger partial charge in [0.1, 0.15) is 5.75 Å². The summed E-state index contributed by atoms with van der Waals surface area (Å²) in [5.41, 5.74) is 2.45. The highest BCUT2D eigenvalue weighted by atomic mass is 16.5. The Morgan fingerprint density at radius 1 is 1.29 bits per heavy atom. The van der Waals surface area contributed by atoms with Gasteiger partial charge in [-0.3, -0.25) is 0 Å². The zero-order chi connectivity index (χ0) is 10.4. The molecule has 0 aliphatic heterocycles. The van der Waals surface area contributed by atoms with E-state index in [1.807, 2.05) is 24.3 Å². The van der Waals surface area contributed by atoms with E-state index in [1.165, 1.54) is 5.57 Å². The van der Waals surface area contributed by atoms with Crippen molar-refractivity contribution in [3.63, 3.8) is 0 Å². The minimum Gasteiger partial charge on any atom is -0.497 e. The van der Waals surface area contributed by atoms with Crippen LogP contribution in [0.15, 0.2) is 42.0 Å². The normalized spacial score (nSPS) is 10.2. The first kappa shape index (κ1) is 10.6. The topological polar surface area (TPSA) is 9.23 Å². The Morgan fingerprint density at radius 2 is 2.07 bits per heavy atom. The number of hydrogen-bond donors (Lipinski definition) is 0. The molecular weight excluding hydrogens is 172 g/mol. The van der Waals surface area contributed by atoms with Crippen LogP contribution in [0.25, 0.3) is 6.08 Å². The lowest BCUT2D eigenvalue weighted by atomic mass is 10.2.